The first kappa shape index (κ1) is 19.5. The van der Waals surface area contributed by atoms with Gasteiger partial charge in [0.15, 0.2) is 0 Å². The van der Waals surface area contributed by atoms with Gasteiger partial charge >= 0.3 is 0 Å². The number of carbonyl (C=O) groups excluding carboxylic acids is 2. The Bertz CT molecular complexity index is 863. The fourth-order valence-electron chi connectivity index (χ4n) is 3.18. The van der Waals surface area contributed by atoms with Crippen LogP contribution in [-0.2, 0) is 9.59 Å². The molecule has 0 spiro atoms. The fourth-order valence-corrected chi connectivity index (χ4v) is 4.34. The van der Waals surface area contributed by atoms with Gasteiger partial charge in [-0.25, -0.2) is 0 Å². The SMILES string of the molecule is Cc1ccc(N2C(=O)CS[C@H]2c2cccc(NC(=O)CC(C)C)c2)cc1C. The third kappa shape index (κ3) is 4.53. The quantitative estimate of drug-likeness (QED) is 0.786. The molecule has 2 aromatic rings. The van der Waals surface area contributed by atoms with Gasteiger partial charge in [0, 0.05) is 17.8 Å². The molecule has 3 rings (SSSR count). The maximum Gasteiger partial charge on any atom is 0.238 e. The Morgan fingerprint density at radius 1 is 1.19 bits per heavy atom. The van der Waals surface area contributed by atoms with Crippen LogP contribution in [0.15, 0.2) is 42.5 Å². The van der Waals surface area contributed by atoms with Crippen LogP contribution in [0.25, 0.3) is 0 Å². The Morgan fingerprint density at radius 2 is 1.96 bits per heavy atom. The Kier molecular flexibility index (Phi) is 5.90. The number of carbonyl (C=O) groups is 2. The predicted octanol–water partition coefficient (Wildman–Crippen LogP) is 5.07. The lowest BCUT2D eigenvalue weighted by atomic mass is 10.1. The molecule has 0 saturated carbocycles. The van der Waals surface area contributed by atoms with Gasteiger partial charge in [0.05, 0.1) is 5.75 Å². The van der Waals surface area contributed by atoms with E-state index in [1.807, 2.05) is 49.1 Å². The average Bonchev–Trinajstić information content (AvgIpc) is 2.98. The standard InChI is InChI=1S/C22H26N2O2S/c1-14(2)10-20(25)23-18-7-5-6-17(12-18)22-24(21(26)13-27-22)19-9-8-15(3)16(4)11-19/h5-9,11-12,14,22H,10,13H2,1-4H3,(H,23,25)/t22-/m0/s1. The topological polar surface area (TPSA) is 49.4 Å². The Balaban J connectivity index is 1.86. The molecule has 0 aliphatic carbocycles. The van der Waals surface area contributed by atoms with Crippen molar-refractivity contribution in [1.29, 1.82) is 0 Å². The minimum absolute atomic E-state index is 0.0170. The summed E-state index contributed by atoms with van der Waals surface area (Å²) in [5.74, 6) is 0.906. The van der Waals surface area contributed by atoms with E-state index in [1.54, 1.807) is 11.8 Å². The molecule has 27 heavy (non-hydrogen) atoms. The number of aryl methyl sites for hydroxylation is 2. The van der Waals surface area contributed by atoms with Crippen LogP contribution in [0.3, 0.4) is 0 Å². The van der Waals surface area contributed by atoms with Gasteiger partial charge in [0.2, 0.25) is 11.8 Å². The molecular weight excluding hydrogens is 356 g/mol. The van der Waals surface area contributed by atoms with Gasteiger partial charge in [0.1, 0.15) is 5.37 Å². The summed E-state index contributed by atoms with van der Waals surface area (Å²) in [7, 11) is 0. The van der Waals surface area contributed by atoms with E-state index in [-0.39, 0.29) is 17.2 Å². The number of hydrogen-bond acceptors (Lipinski definition) is 3. The van der Waals surface area contributed by atoms with Gasteiger partial charge < -0.3 is 5.32 Å². The predicted molar refractivity (Wildman–Crippen MR) is 113 cm³/mol. The molecule has 1 atom stereocenters. The summed E-state index contributed by atoms with van der Waals surface area (Å²) >= 11 is 1.62. The maximum atomic E-state index is 12.6. The highest BCUT2D eigenvalue weighted by molar-refractivity contribution is 8.00. The van der Waals surface area contributed by atoms with Crippen molar-refractivity contribution in [2.24, 2.45) is 5.92 Å². The fraction of sp³-hybridized carbons (Fsp3) is 0.364. The van der Waals surface area contributed by atoms with E-state index in [0.29, 0.717) is 18.1 Å². The number of hydrogen-bond donors (Lipinski definition) is 1. The number of benzene rings is 2. The molecule has 1 saturated heterocycles. The lowest BCUT2D eigenvalue weighted by molar-refractivity contribution is -0.117. The second-order valence-corrected chi connectivity index (χ2v) is 8.54. The van der Waals surface area contributed by atoms with Crippen LogP contribution in [-0.4, -0.2) is 17.6 Å². The van der Waals surface area contributed by atoms with Crippen molar-refractivity contribution in [1.82, 2.24) is 0 Å². The second-order valence-electron chi connectivity index (χ2n) is 7.47. The number of amides is 2. The molecule has 0 aromatic heterocycles. The normalized spacial score (nSPS) is 16.9. The van der Waals surface area contributed by atoms with E-state index in [0.717, 1.165) is 16.9 Å². The van der Waals surface area contributed by atoms with Crippen molar-refractivity contribution >= 4 is 35.0 Å². The third-order valence-electron chi connectivity index (χ3n) is 4.69. The summed E-state index contributed by atoms with van der Waals surface area (Å²) in [6, 6.07) is 13.9. The smallest absolute Gasteiger partial charge is 0.238 e. The molecule has 4 nitrogen and oxygen atoms in total. The van der Waals surface area contributed by atoms with Crippen LogP contribution in [0.1, 0.15) is 42.3 Å². The number of nitrogens with zero attached hydrogens (tertiary/aromatic N) is 1. The summed E-state index contributed by atoms with van der Waals surface area (Å²) in [5.41, 5.74) is 5.10. The van der Waals surface area contributed by atoms with Crippen molar-refractivity contribution in [3.63, 3.8) is 0 Å². The molecule has 5 heteroatoms. The molecular formula is C22H26N2O2S. The minimum Gasteiger partial charge on any atom is -0.326 e. The van der Waals surface area contributed by atoms with Crippen molar-refractivity contribution < 1.29 is 9.59 Å². The molecule has 1 fully saturated rings. The zero-order valence-corrected chi connectivity index (χ0v) is 17.1. The third-order valence-corrected chi connectivity index (χ3v) is 5.90. The van der Waals surface area contributed by atoms with Crippen LogP contribution < -0.4 is 10.2 Å². The van der Waals surface area contributed by atoms with Crippen molar-refractivity contribution in [2.45, 2.75) is 39.5 Å². The highest BCUT2D eigenvalue weighted by Crippen LogP contribution is 2.42. The highest BCUT2D eigenvalue weighted by atomic mass is 32.2. The lowest BCUT2D eigenvalue weighted by Crippen LogP contribution is -2.28. The van der Waals surface area contributed by atoms with E-state index in [4.69, 9.17) is 0 Å². The molecule has 0 bridgehead atoms. The summed E-state index contributed by atoms with van der Waals surface area (Å²) in [6.45, 7) is 8.18. The average molecular weight is 383 g/mol. The van der Waals surface area contributed by atoms with E-state index in [9.17, 15) is 9.59 Å². The zero-order chi connectivity index (χ0) is 19.6. The number of nitrogens with one attached hydrogen (secondary N) is 1. The van der Waals surface area contributed by atoms with Crippen LogP contribution in [0.5, 0.6) is 0 Å². The van der Waals surface area contributed by atoms with Crippen molar-refractivity contribution in [2.75, 3.05) is 16.0 Å². The zero-order valence-electron chi connectivity index (χ0n) is 16.3. The molecule has 142 valence electrons. The molecule has 0 radical (unpaired) electrons. The molecule has 2 amide bonds. The van der Waals surface area contributed by atoms with Crippen molar-refractivity contribution in [3.8, 4) is 0 Å². The first-order chi connectivity index (χ1) is 12.8. The van der Waals surface area contributed by atoms with Gasteiger partial charge in [-0.15, -0.1) is 11.8 Å². The number of rotatable bonds is 5. The minimum atomic E-state index is -0.0819. The van der Waals surface area contributed by atoms with Gasteiger partial charge in [0.25, 0.3) is 0 Å². The Hall–Kier alpha value is -2.27. The van der Waals surface area contributed by atoms with Gasteiger partial charge in [-0.2, -0.15) is 0 Å². The van der Waals surface area contributed by atoms with Gasteiger partial charge in [-0.3, -0.25) is 14.5 Å². The number of anilines is 2. The largest absolute Gasteiger partial charge is 0.326 e. The van der Waals surface area contributed by atoms with E-state index in [2.05, 4.69) is 31.3 Å². The molecule has 1 N–H and O–H groups in total. The molecule has 0 unspecified atom stereocenters. The molecule has 2 aromatic carbocycles. The summed E-state index contributed by atoms with van der Waals surface area (Å²) in [4.78, 5) is 26.5. The van der Waals surface area contributed by atoms with Gasteiger partial charge in [-0.1, -0.05) is 32.0 Å². The lowest BCUT2D eigenvalue weighted by Gasteiger charge is -2.25. The molecule has 1 heterocycles. The van der Waals surface area contributed by atoms with Crippen LogP contribution in [0.4, 0.5) is 11.4 Å². The van der Waals surface area contributed by atoms with Crippen LogP contribution in [0.2, 0.25) is 0 Å². The Morgan fingerprint density at radius 3 is 2.67 bits per heavy atom. The molecule has 1 aliphatic heterocycles. The molecule has 1 aliphatic rings. The summed E-state index contributed by atoms with van der Waals surface area (Å²) < 4.78 is 0. The van der Waals surface area contributed by atoms with Crippen LogP contribution in [0, 0.1) is 19.8 Å². The number of thioether (sulfide) groups is 1. The highest BCUT2D eigenvalue weighted by Gasteiger charge is 2.34. The summed E-state index contributed by atoms with van der Waals surface area (Å²) in [6.07, 6.45) is 0.496. The first-order valence-corrected chi connectivity index (χ1v) is 10.3. The monoisotopic (exact) mass is 382 g/mol. The van der Waals surface area contributed by atoms with E-state index in [1.165, 1.54) is 11.1 Å². The Labute approximate surface area is 165 Å². The van der Waals surface area contributed by atoms with E-state index >= 15 is 0 Å². The second kappa shape index (κ2) is 8.17. The van der Waals surface area contributed by atoms with Crippen molar-refractivity contribution in [3.05, 3.63) is 59.2 Å². The first-order valence-electron chi connectivity index (χ1n) is 9.26. The maximum absolute atomic E-state index is 12.6. The van der Waals surface area contributed by atoms with E-state index < -0.39 is 0 Å². The van der Waals surface area contributed by atoms with Gasteiger partial charge in [-0.05, 0) is 60.7 Å². The van der Waals surface area contributed by atoms with Crippen LogP contribution >= 0.6 is 11.8 Å². The summed E-state index contributed by atoms with van der Waals surface area (Å²) in [5, 5.41) is 2.89.